The summed E-state index contributed by atoms with van der Waals surface area (Å²) < 4.78 is 1.09. The lowest BCUT2D eigenvalue weighted by Crippen LogP contribution is -2.24. The molecule has 3 rings (SSSR count). The van der Waals surface area contributed by atoms with Crippen LogP contribution in [0.5, 0.6) is 0 Å². The number of aliphatic hydroxyl groups is 1. The molecule has 1 unspecified atom stereocenters. The predicted octanol–water partition coefficient (Wildman–Crippen LogP) is 4.50. The molecule has 1 aromatic carbocycles. The molecule has 0 bridgehead atoms. The normalized spacial score (nSPS) is 20.7. The second-order valence-corrected chi connectivity index (χ2v) is 8.32. The Hall–Kier alpha value is -0.710. The van der Waals surface area contributed by atoms with Gasteiger partial charge in [0.25, 0.3) is 0 Å². The number of fused-ring (bicyclic) bond motifs is 1. The summed E-state index contributed by atoms with van der Waals surface area (Å²) in [6.45, 7) is 4.40. The molecule has 1 aliphatic carbocycles. The summed E-state index contributed by atoms with van der Waals surface area (Å²) >= 11 is 5.17. The highest BCUT2D eigenvalue weighted by molar-refractivity contribution is 9.10. The van der Waals surface area contributed by atoms with Crippen LogP contribution >= 0.6 is 27.3 Å². The van der Waals surface area contributed by atoms with Gasteiger partial charge in [-0.3, -0.25) is 0 Å². The van der Waals surface area contributed by atoms with Crippen LogP contribution in [-0.4, -0.2) is 10.1 Å². The van der Waals surface area contributed by atoms with E-state index in [1.54, 1.807) is 11.3 Å². The van der Waals surface area contributed by atoms with Crippen LogP contribution in [0.25, 0.3) is 0 Å². The Balaban J connectivity index is 1.87. The van der Waals surface area contributed by atoms with Crippen LogP contribution in [0.15, 0.2) is 28.7 Å². The van der Waals surface area contributed by atoms with Crippen molar-refractivity contribution in [3.05, 3.63) is 49.9 Å². The van der Waals surface area contributed by atoms with Crippen molar-refractivity contribution in [2.45, 2.75) is 39.2 Å². The van der Waals surface area contributed by atoms with E-state index in [0.29, 0.717) is 0 Å². The molecule has 2 nitrogen and oxygen atoms in total. The Kier molecular flexibility index (Phi) is 3.73. The van der Waals surface area contributed by atoms with E-state index in [-0.39, 0.29) is 11.5 Å². The summed E-state index contributed by atoms with van der Waals surface area (Å²) in [6, 6.07) is 8.32. The number of nitrogens with zero attached hydrogens (tertiary/aromatic N) is 1. The fourth-order valence-electron chi connectivity index (χ4n) is 2.84. The number of hydrogen-bond acceptors (Lipinski definition) is 3. The second kappa shape index (κ2) is 5.24. The molecule has 1 heterocycles. The molecule has 2 aromatic rings. The summed E-state index contributed by atoms with van der Waals surface area (Å²) in [6.07, 6.45) is 2.29. The molecule has 0 amide bonds. The highest BCUT2D eigenvalue weighted by Gasteiger charge is 2.33. The van der Waals surface area contributed by atoms with Crippen molar-refractivity contribution in [1.82, 2.24) is 4.98 Å². The predicted molar refractivity (Wildman–Crippen MR) is 86.1 cm³/mol. The average Bonchev–Trinajstić information content (AvgIpc) is 2.70. The van der Waals surface area contributed by atoms with Crippen LogP contribution in [0.3, 0.4) is 0 Å². The third-order valence-electron chi connectivity index (χ3n) is 3.71. The van der Waals surface area contributed by atoms with Crippen molar-refractivity contribution < 1.29 is 5.11 Å². The highest BCUT2D eigenvalue weighted by atomic mass is 79.9. The van der Waals surface area contributed by atoms with Gasteiger partial charge >= 0.3 is 0 Å². The highest BCUT2D eigenvalue weighted by Crippen LogP contribution is 2.43. The van der Waals surface area contributed by atoms with Gasteiger partial charge in [0.05, 0.1) is 21.7 Å². The first-order valence-corrected chi connectivity index (χ1v) is 8.45. The van der Waals surface area contributed by atoms with Gasteiger partial charge in [-0.15, -0.1) is 11.3 Å². The smallest absolute Gasteiger partial charge is 0.0975 e. The molecular formula is C16H18BrNOS. The average molecular weight is 352 g/mol. The Morgan fingerprint density at radius 3 is 3.00 bits per heavy atom. The molecule has 0 saturated heterocycles. The van der Waals surface area contributed by atoms with Gasteiger partial charge in [-0.05, 0) is 36.0 Å². The summed E-state index contributed by atoms with van der Waals surface area (Å²) in [5.41, 5.74) is 2.50. The Labute approximate surface area is 132 Å². The van der Waals surface area contributed by atoms with Gasteiger partial charge in [-0.25, -0.2) is 4.98 Å². The first-order valence-electron chi connectivity index (χ1n) is 6.84. The van der Waals surface area contributed by atoms with Crippen LogP contribution in [0.1, 0.15) is 47.5 Å². The molecule has 4 heteroatoms. The van der Waals surface area contributed by atoms with Gasteiger partial charge in [0, 0.05) is 10.9 Å². The first kappa shape index (κ1) is 14.2. The molecule has 106 valence electrons. The monoisotopic (exact) mass is 351 g/mol. The minimum Gasteiger partial charge on any atom is -0.387 e. The molecule has 1 aliphatic rings. The summed E-state index contributed by atoms with van der Waals surface area (Å²) in [5, 5.41) is 11.4. The Bertz CT molecular complexity index is 635. The van der Waals surface area contributed by atoms with Crippen molar-refractivity contribution in [1.29, 1.82) is 0 Å². The number of halogens is 1. The minimum absolute atomic E-state index is 0.146. The largest absolute Gasteiger partial charge is 0.387 e. The first-order chi connectivity index (χ1) is 9.43. The summed E-state index contributed by atoms with van der Waals surface area (Å²) in [5.74, 6) is 0. The molecule has 0 fully saturated rings. The number of aliphatic hydroxyl groups excluding tert-OH is 1. The number of rotatable bonds is 2. The lowest BCUT2D eigenvalue weighted by Gasteiger charge is -2.31. The van der Waals surface area contributed by atoms with E-state index in [1.165, 1.54) is 5.56 Å². The molecule has 1 N–H and O–H groups in total. The van der Waals surface area contributed by atoms with Crippen LogP contribution in [0, 0.1) is 5.41 Å². The number of hydrogen-bond donors (Lipinski definition) is 1. The van der Waals surface area contributed by atoms with E-state index in [0.717, 1.165) is 39.3 Å². The van der Waals surface area contributed by atoms with Gasteiger partial charge < -0.3 is 5.11 Å². The number of benzene rings is 1. The molecule has 1 aromatic heterocycles. The van der Waals surface area contributed by atoms with E-state index in [2.05, 4.69) is 41.9 Å². The van der Waals surface area contributed by atoms with Crippen LogP contribution < -0.4 is 0 Å². The maximum Gasteiger partial charge on any atom is 0.0975 e. The maximum absolute atomic E-state index is 10.3. The van der Waals surface area contributed by atoms with E-state index >= 15 is 0 Å². The van der Waals surface area contributed by atoms with Crippen molar-refractivity contribution >= 4 is 27.3 Å². The topological polar surface area (TPSA) is 33.1 Å². The summed E-state index contributed by atoms with van der Waals surface area (Å²) in [4.78, 5) is 5.84. The number of aromatic nitrogens is 1. The quantitative estimate of drug-likeness (QED) is 0.863. The third kappa shape index (κ3) is 2.97. The standard InChI is InChI=1S/C16H18BrNOS/c1-16(2)8-12-15(13(19)9-16)20-14(18-12)7-10-4-3-5-11(17)6-10/h3-6,13,19H,7-9H2,1-2H3. The van der Waals surface area contributed by atoms with Crippen molar-refractivity contribution in [2.24, 2.45) is 5.41 Å². The summed E-state index contributed by atoms with van der Waals surface area (Å²) in [7, 11) is 0. The minimum atomic E-state index is -0.345. The van der Waals surface area contributed by atoms with Gasteiger partial charge in [0.15, 0.2) is 0 Å². The number of thiazole rings is 1. The van der Waals surface area contributed by atoms with Crippen LogP contribution in [0.2, 0.25) is 0 Å². The van der Waals surface area contributed by atoms with Crippen molar-refractivity contribution in [3.63, 3.8) is 0 Å². The van der Waals surface area contributed by atoms with Gasteiger partial charge in [-0.2, -0.15) is 0 Å². The fourth-order valence-corrected chi connectivity index (χ4v) is 4.39. The lowest BCUT2D eigenvalue weighted by atomic mass is 9.77. The van der Waals surface area contributed by atoms with Crippen molar-refractivity contribution in [2.75, 3.05) is 0 Å². The Morgan fingerprint density at radius 1 is 1.45 bits per heavy atom. The molecule has 0 aliphatic heterocycles. The zero-order valence-electron chi connectivity index (χ0n) is 11.7. The lowest BCUT2D eigenvalue weighted by molar-refractivity contribution is 0.102. The zero-order valence-corrected chi connectivity index (χ0v) is 14.1. The molecule has 0 saturated carbocycles. The maximum atomic E-state index is 10.3. The van der Waals surface area contributed by atoms with Crippen molar-refractivity contribution in [3.8, 4) is 0 Å². The molecule has 0 radical (unpaired) electrons. The van der Waals surface area contributed by atoms with Crippen LogP contribution in [-0.2, 0) is 12.8 Å². The third-order valence-corrected chi connectivity index (χ3v) is 5.40. The van der Waals surface area contributed by atoms with Gasteiger partial charge in [0.2, 0.25) is 0 Å². The Morgan fingerprint density at radius 2 is 2.25 bits per heavy atom. The van der Waals surface area contributed by atoms with E-state index < -0.39 is 0 Å². The molecule has 20 heavy (non-hydrogen) atoms. The molecular weight excluding hydrogens is 334 g/mol. The fraction of sp³-hybridized carbons (Fsp3) is 0.438. The zero-order chi connectivity index (χ0) is 14.3. The van der Waals surface area contributed by atoms with Crippen LogP contribution in [0.4, 0.5) is 0 Å². The van der Waals surface area contributed by atoms with E-state index in [1.807, 2.05) is 12.1 Å². The van der Waals surface area contributed by atoms with E-state index in [9.17, 15) is 5.11 Å². The molecule has 1 atom stereocenters. The molecule has 0 spiro atoms. The van der Waals surface area contributed by atoms with E-state index in [4.69, 9.17) is 4.98 Å². The second-order valence-electron chi connectivity index (χ2n) is 6.29. The van der Waals surface area contributed by atoms with Gasteiger partial charge in [0.1, 0.15) is 0 Å². The van der Waals surface area contributed by atoms with Gasteiger partial charge in [-0.1, -0.05) is 41.9 Å². The SMILES string of the molecule is CC1(C)Cc2nc(Cc3cccc(Br)c3)sc2C(O)C1.